The average Bonchev–Trinajstić information content (AvgIpc) is 2.86. The van der Waals surface area contributed by atoms with Crippen molar-refractivity contribution in [3.05, 3.63) is 34.3 Å². The van der Waals surface area contributed by atoms with Gasteiger partial charge in [-0.15, -0.1) is 11.3 Å². The zero-order chi connectivity index (χ0) is 14.2. The van der Waals surface area contributed by atoms with Gasteiger partial charge in [-0.05, 0) is 26.7 Å². The van der Waals surface area contributed by atoms with E-state index in [2.05, 4.69) is 19.9 Å². The molecule has 2 heterocycles. The first-order chi connectivity index (χ1) is 9.58. The van der Waals surface area contributed by atoms with E-state index in [0.717, 1.165) is 30.2 Å². The molecule has 5 nitrogen and oxygen atoms in total. The lowest BCUT2D eigenvalue weighted by Gasteiger charge is -2.17. The maximum Gasteiger partial charge on any atom is 0.270 e. The van der Waals surface area contributed by atoms with Crippen molar-refractivity contribution in [2.24, 2.45) is 5.41 Å². The third kappa shape index (κ3) is 2.75. The van der Waals surface area contributed by atoms with E-state index in [1.54, 1.807) is 0 Å². The van der Waals surface area contributed by atoms with Gasteiger partial charge in [0.05, 0.1) is 5.01 Å². The van der Waals surface area contributed by atoms with Crippen molar-refractivity contribution in [1.29, 1.82) is 0 Å². The normalized spacial score (nSPS) is 16.1. The molecule has 0 spiro atoms. The monoisotopic (exact) mass is 290 g/mol. The number of aromatic nitrogens is 3. The van der Waals surface area contributed by atoms with Gasteiger partial charge in [0.1, 0.15) is 11.5 Å². The SMILES string of the molecule is Cc1nc(C(=O)NCC2(Cn3ccnc3C)CC2)cs1. The second-order valence-electron chi connectivity index (χ2n) is 5.54. The van der Waals surface area contributed by atoms with Crippen LogP contribution in [-0.4, -0.2) is 27.0 Å². The second-order valence-corrected chi connectivity index (χ2v) is 6.60. The quantitative estimate of drug-likeness (QED) is 0.918. The van der Waals surface area contributed by atoms with E-state index in [4.69, 9.17) is 0 Å². The van der Waals surface area contributed by atoms with E-state index in [9.17, 15) is 4.79 Å². The lowest BCUT2D eigenvalue weighted by atomic mass is 10.1. The highest BCUT2D eigenvalue weighted by Crippen LogP contribution is 2.46. The molecule has 0 saturated heterocycles. The van der Waals surface area contributed by atoms with Crippen LogP contribution in [0.2, 0.25) is 0 Å². The minimum absolute atomic E-state index is 0.0667. The summed E-state index contributed by atoms with van der Waals surface area (Å²) in [5, 5.41) is 5.75. The van der Waals surface area contributed by atoms with Crippen LogP contribution >= 0.6 is 11.3 Å². The molecule has 0 bridgehead atoms. The van der Waals surface area contributed by atoms with Crippen LogP contribution in [0.15, 0.2) is 17.8 Å². The lowest BCUT2D eigenvalue weighted by molar-refractivity contribution is 0.0938. The number of amides is 1. The van der Waals surface area contributed by atoms with E-state index >= 15 is 0 Å². The van der Waals surface area contributed by atoms with E-state index < -0.39 is 0 Å². The van der Waals surface area contributed by atoms with Crippen LogP contribution in [0.3, 0.4) is 0 Å². The summed E-state index contributed by atoms with van der Waals surface area (Å²) < 4.78 is 2.16. The van der Waals surface area contributed by atoms with Crippen molar-refractivity contribution >= 4 is 17.2 Å². The predicted molar refractivity (Wildman–Crippen MR) is 77.8 cm³/mol. The summed E-state index contributed by atoms with van der Waals surface area (Å²) >= 11 is 1.50. The zero-order valence-electron chi connectivity index (χ0n) is 11.7. The average molecular weight is 290 g/mol. The highest BCUT2D eigenvalue weighted by atomic mass is 32.1. The standard InChI is InChI=1S/C14H18N4OS/c1-10-15-5-6-18(10)9-14(3-4-14)8-16-13(19)12-7-20-11(2)17-12/h5-7H,3-4,8-9H2,1-2H3,(H,16,19). The Hall–Kier alpha value is -1.69. The number of nitrogens with one attached hydrogen (secondary N) is 1. The molecular formula is C14H18N4OS. The molecule has 2 aromatic rings. The molecule has 0 radical (unpaired) electrons. The second kappa shape index (κ2) is 5.01. The van der Waals surface area contributed by atoms with E-state index in [0.29, 0.717) is 12.2 Å². The molecule has 0 aliphatic heterocycles. The molecule has 0 atom stereocenters. The Kier molecular flexibility index (Phi) is 3.33. The Labute approximate surface area is 122 Å². The van der Waals surface area contributed by atoms with Gasteiger partial charge < -0.3 is 9.88 Å². The van der Waals surface area contributed by atoms with Gasteiger partial charge in [-0.2, -0.15) is 0 Å². The van der Waals surface area contributed by atoms with Gasteiger partial charge in [0.25, 0.3) is 5.91 Å². The number of hydrogen-bond donors (Lipinski definition) is 1. The predicted octanol–water partition coefficient (Wildman–Crippen LogP) is 2.17. The summed E-state index contributed by atoms with van der Waals surface area (Å²) in [7, 11) is 0. The first-order valence-electron chi connectivity index (χ1n) is 6.76. The molecule has 1 aliphatic rings. The topological polar surface area (TPSA) is 59.8 Å². The molecule has 1 aliphatic carbocycles. The Bertz CT molecular complexity index is 627. The molecule has 0 aromatic carbocycles. The van der Waals surface area contributed by atoms with E-state index in [1.165, 1.54) is 11.3 Å². The number of rotatable bonds is 5. The number of imidazole rings is 1. The van der Waals surface area contributed by atoms with Crippen LogP contribution < -0.4 is 5.32 Å². The first-order valence-corrected chi connectivity index (χ1v) is 7.64. The van der Waals surface area contributed by atoms with Crippen molar-refractivity contribution < 1.29 is 4.79 Å². The van der Waals surface area contributed by atoms with Crippen LogP contribution in [0.4, 0.5) is 0 Å². The Morgan fingerprint density at radius 2 is 2.30 bits per heavy atom. The fourth-order valence-electron chi connectivity index (χ4n) is 2.33. The number of hydrogen-bond acceptors (Lipinski definition) is 4. The van der Waals surface area contributed by atoms with E-state index in [-0.39, 0.29) is 11.3 Å². The van der Waals surface area contributed by atoms with Gasteiger partial charge in [0, 0.05) is 36.3 Å². The van der Waals surface area contributed by atoms with Gasteiger partial charge in [-0.1, -0.05) is 0 Å². The van der Waals surface area contributed by atoms with Gasteiger partial charge in [0.15, 0.2) is 0 Å². The summed E-state index contributed by atoms with van der Waals surface area (Å²) in [6.45, 7) is 5.55. The molecule has 1 amide bonds. The molecular weight excluding hydrogens is 272 g/mol. The lowest BCUT2D eigenvalue weighted by Crippen LogP contribution is -2.32. The maximum atomic E-state index is 12.0. The van der Waals surface area contributed by atoms with Crippen LogP contribution in [0.25, 0.3) is 0 Å². The summed E-state index contributed by atoms with van der Waals surface area (Å²) in [5.74, 6) is 0.959. The molecule has 106 valence electrons. The number of aryl methyl sites for hydroxylation is 2. The van der Waals surface area contributed by atoms with Gasteiger partial charge in [-0.25, -0.2) is 9.97 Å². The number of thiazole rings is 1. The third-order valence-corrected chi connectivity index (χ3v) is 4.64. The number of carbonyl (C=O) groups excluding carboxylic acids is 1. The molecule has 0 unspecified atom stereocenters. The zero-order valence-corrected chi connectivity index (χ0v) is 12.5. The Balaban J connectivity index is 1.58. The molecule has 1 fully saturated rings. The first kappa shape index (κ1) is 13.3. The molecule has 2 aromatic heterocycles. The summed E-state index contributed by atoms with van der Waals surface area (Å²) in [6, 6.07) is 0. The van der Waals surface area contributed by atoms with Crippen molar-refractivity contribution in [2.75, 3.05) is 6.54 Å². The minimum Gasteiger partial charge on any atom is -0.350 e. The van der Waals surface area contributed by atoms with Crippen molar-refractivity contribution in [3.8, 4) is 0 Å². The Morgan fingerprint density at radius 3 is 2.85 bits per heavy atom. The summed E-state index contributed by atoms with van der Waals surface area (Å²) in [6.07, 6.45) is 6.13. The molecule has 1 N–H and O–H groups in total. The number of carbonyl (C=O) groups is 1. The largest absolute Gasteiger partial charge is 0.350 e. The molecule has 6 heteroatoms. The highest BCUT2D eigenvalue weighted by Gasteiger charge is 2.43. The van der Waals surface area contributed by atoms with Crippen molar-refractivity contribution in [2.45, 2.75) is 33.2 Å². The highest BCUT2D eigenvalue weighted by molar-refractivity contribution is 7.09. The molecule has 1 saturated carbocycles. The third-order valence-electron chi connectivity index (χ3n) is 3.86. The fourth-order valence-corrected chi connectivity index (χ4v) is 2.92. The maximum absolute atomic E-state index is 12.0. The fraction of sp³-hybridized carbons (Fsp3) is 0.500. The van der Waals surface area contributed by atoms with E-state index in [1.807, 2.05) is 31.6 Å². The summed E-state index contributed by atoms with van der Waals surface area (Å²) in [5.41, 5.74) is 0.730. The van der Waals surface area contributed by atoms with Gasteiger partial charge in [0.2, 0.25) is 0 Å². The van der Waals surface area contributed by atoms with Gasteiger partial charge in [-0.3, -0.25) is 4.79 Å². The van der Waals surface area contributed by atoms with Crippen molar-refractivity contribution in [1.82, 2.24) is 19.9 Å². The van der Waals surface area contributed by atoms with Crippen LogP contribution in [0.5, 0.6) is 0 Å². The smallest absolute Gasteiger partial charge is 0.270 e. The summed E-state index contributed by atoms with van der Waals surface area (Å²) in [4.78, 5) is 20.5. The van der Waals surface area contributed by atoms with Crippen LogP contribution in [0.1, 0.15) is 34.2 Å². The number of nitrogens with zero attached hydrogens (tertiary/aromatic N) is 3. The Morgan fingerprint density at radius 1 is 1.50 bits per heavy atom. The van der Waals surface area contributed by atoms with Gasteiger partial charge >= 0.3 is 0 Å². The molecule has 20 heavy (non-hydrogen) atoms. The molecule has 3 rings (SSSR count). The van der Waals surface area contributed by atoms with Crippen LogP contribution in [0, 0.1) is 19.3 Å². The minimum atomic E-state index is -0.0667. The van der Waals surface area contributed by atoms with Crippen LogP contribution in [-0.2, 0) is 6.54 Å². The van der Waals surface area contributed by atoms with Crippen molar-refractivity contribution in [3.63, 3.8) is 0 Å².